The molecule has 1 aliphatic rings. The number of pyridine rings is 1. The van der Waals surface area contributed by atoms with Crippen LogP contribution in [0.25, 0.3) is 76.7 Å². The molecule has 4 heterocycles. The molecule has 0 amide bonds. The molecule has 0 saturated heterocycles. The molecule has 0 bridgehead atoms. The first-order valence-electron chi connectivity index (χ1n) is 17.4. The summed E-state index contributed by atoms with van der Waals surface area (Å²) < 4.78 is 12.5. The lowest BCUT2D eigenvalue weighted by Gasteiger charge is -2.23. The van der Waals surface area contributed by atoms with E-state index in [-0.39, 0.29) is 0 Å². The lowest BCUT2D eigenvalue weighted by molar-refractivity contribution is 0.668. The number of nitrogens with zero attached hydrogens (tertiary/aromatic N) is 3. The third-order valence-corrected chi connectivity index (χ3v) is 10.2. The van der Waals surface area contributed by atoms with E-state index in [0.717, 1.165) is 99.7 Å². The Bertz CT molecular complexity index is 3130. The van der Waals surface area contributed by atoms with Crippen LogP contribution in [0.3, 0.4) is 0 Å². The average molecular weight is 669 g/mol. The van der Waals surface area contributed by atoms with Gasteiger partial charge in [0.05, 0.1) is 5.39 Å². The number of amidine groups is 2. The molecule has 1 N–H and O–H groups in total. The minimum atomic E-state index is -0.482. The summed E-state index contributed by atoms with van der Waals surface area (Å²) in [4.78, 5) is 15.3. The van der Waals surface area contributed by atoms with Crippen LogP contribution in [0.15, 0.2) is 177 Å². The molecular weight excluding hydrogens is 641 g/mol. The Kier molecular flexibility index (Phi) is 6.21. The number of aliphatic imine (C=N–C) groups is 2. The van der Waals surface area contributed by atoms with Crippen molar-refractivity contribution in [2.45, 2.75) is 6.17 Å². The number of hydrogen-bond acceptors (Lipinski definition) is 6. The van der Waals surface area contributed by atoms with Gasteiger partial charge in [-0.1, -0.05) is 109 Å². The zero-order valence-electron chi connectivity index (χ0n) is 27.7. The molecule has 1 unspecified atom stereocenters. The molecule has 1 aliphatic heterocycles. The molecule has 0 fully saturated rings. The third kappa shape index (κ3) is 4.48. The standard InChI is InChI=1S/C46H28N4O2/c1-2-10-28-25-30(21-20-27(28)9-1)44-48-45(50-46(49-44)36-15-7-17-38-41(36)35-12-3-4-16-37(35)51-38)31-22-23-32-29(26-31)11-5-13-33(32)34-14-6-18-39-42(34)43-40(52-39)19-8-24-47-43/h1-26,45H,(H,48,49,50). The Morgan fingerprint density at radius 1 is 0.462 bits per heavy atom. The van der Waals surface area contributed by atoms with E-state index in [2.05, 4.69) is 107 Å². The maximum atomic E-state index is 6.27. The van der Waals surface area contributed by atoms with Gasteiger partial charge in [0.2, 0.25) is 0 Å². The number of fused-ring (bicyclic) bond motifs is 8. The van der Waals surface area contributed by atoms with E-state index < -0.39 is 6.17 Å². The van der Waals surface area contributed by atoms with Gasteiger partial charge in [-0.15, -0.1) is 0 Å². The Labute approximate surface area is 297 Å². The Hall–Kier alpha value is -7.05. The van der Waals surface area contributed by atoms with Crippen LogP contribution in [0.4, 0.5) is 0 Å². The summed E-state index contributed by atoms with van der Waals surface area (Å²) in [5.41, 5.74) is 9.33. The molecule has 11 rings (SSSR count). The largest absolute Gasteiger partial charge is 0.456 e. The van der Waals surface area contributed by atoms with Crippen LogP contribution in [0.5, 0.6) is 0 Å². The highest BCUT2D eigenvalue weighted by Gasteiger charge is 2.24. The van der Waals surface area contributed by atoms with Crippen LogP contribution >= 0.6 is 0 Å². The van der Waals surface area contributed by atoms with Gasteiger partial charge in [-0.2, -0.15) is 0 Å². The number of benzene rings is 7. The van der Waals surface area contributed by atoms with Crippen LogP contribution in [-0.2, 0) is 0 Å². The van der Waals surface area contributed by atoms with Crippen LogP contribution in [-0.4, -0.2) is 16.7 Å². The van der Waals surface area contributed by atoms with Gasteiger partial charge in [0, 0.05) is 28.1 Å². The first-order valence-corrected chi connectivity index (χ1v) is 17.4. The van der Waals surface area contributed by atoms with Crippen molar-refractivity contribution in [2.24, 2.45) is 9.98 Å². The summed E-state index contributed by atoms with van der Waals surface area (Å²) in [6, 6.07) is 52.3. The maximum Gasteiger partial charge on any atom is 0.169 e. The lowest BCUT2D eigenvalue weighted by Crippen LogP contribution is -2.36. The first kappa shape index (κ1) is 28.8. The van der Waals surface area contributed by atoms with E-state index >= 15 is 0 Å². The molecule has 0 saturated carbocycles. The zero-order chi connectivity index (χ0) is 34.2. The zero-order valence-corrected chi connectivity index (χ0v) is 27.7. The van der Waals surface area contributed by atoms with Gasteiger partial charge in [-0.05, 0) is 80.7 Å². The summed E-state index contributed by atoms with van der Waals surface area (Å²) in [7, 11) is 0. The highest BCUT2D eigenvalue weighted by Crippen LogP contribution is 2.40. The maximum absolute atomic E-state index is 6.27. The fourth-order valence-electron chi connectivity index (χ4n) is 7.75. The topological polar surface area (TPSA) is 75.9 Å². The quantitative estimate of drug-likeness (QED) is 0.202. The molecule has 3 aromatic heterocycles. The Morgan fingerprint density at radius 2 is 1.17 bits per heavy atom. The van der Waals surface area contributed by atoms with E-state index in [9.17, 15) is 0 Å². The van der Waals surface area contributed by atoms with Crippen molar-refractivity contribution >= 4 is 77.2 Å². The molecule has 10 aromatic rings. The summed E-state index contributed by atoms with van der Waals surface area (Å²) >= 11 is 0. The number of furan rings is 2. The second-order valence-electron chi connectivity index (χ2n) is 13.2. The van der Waals surface area contributed by atoms with E-state index in [1.165, 1.54) is 5.39 Å². The van der Waals surface area contributed by atoms with Crippen LogP contribution in [0.2, 0.25) is 0 Å². The van der Waals surface area contributed by atoms with Crippen molar-refractivity contribution in [1.29, 1.82) is 0 Å². The Morgan fingerprint density at radius 3 is 2.12 bits per heavy atom. The third-order valence-electron chi connectivity index (χ3n) is 10.2. The van der Waals surface area contributed by atoms with Crippen LogP contribution in [0, 0.1) is 0 Å². The fourth-order valence-corrected chi connectivity index (χ4v) is 7.75. The van der Waals surface area contributed by atoms with E-state index in [0.29, 0.717) is 0 Å². The Balaban J connectivity index is 1.08. The van der Waals surface area contributed by atoms with Gasteiger partial charge >= 0.3 is 0 Å². The highest BCUT2D eigenvalue weighted by molar-refractivity contribution is 6.23. The second-order valence-corrected chi connectivity index (χ2v) is 13.2. The summed E-state index contributed by atoms with van der Waals surface area (Å²) in [6.07, 6.45) is 1.34. The van der Waals surface area contributed by atoms with Crippen molar-refractivity contribution in [3.63, 3.8) is 0 Å². The first-order chi connectivity index (χ1) is 25.7. The van der Waals surface area contributed by atoms with Gasteiger partial charge in [0.1, 0.15) is 33.9 Å². The molecule has 0 spiro atoms. The van der Waals surface area contributed by atoms with Gasteiger partial charge in [-0.25, -0.2) is 9.98 Å². The number of rotatable bonds is 4. The molecular formula is C46H28N4O2. The number of para-hydroxylation sites is 1. The normalized spacial score (nSPS) is 14.7. The summed E-state index contributed by atoms with van der Waals surface area (Å²) in [5.74, 6) is 1.52. The smallest absolute Gasteiger partial charge is 0.169 e. The lowest BCUT2D eigenvalue weighted by atomic mass is 9.94. The SMILES string of the molecule is c1ccc2cc(C3=NC(c4ccc5c(-c6cccc7oc8cccnc8c67)cccc5c4)N=C(c4cccc5oc6ccccc6c45)N3)ccc2c1. The predicted molar refractivity (Wildman–Crippen MR) is 211 cm³/mol. The molecule has 6 nitrogen and oxygen atoms in total. The molecule has 0 radical (unpaired) electrons. The van der Waals surface area contributed by atoms with Crippen LogP contribution < -0.4 is 5.32 Å². The van der Waals surface area contributed by atoms with Gasteiger partial charge in [0.15, 0.2) is 11.7 Å². The minimum Gasteiger partial charge on any atom is -0.456 e. The number of nitrogens with one attached hydrogen (secondary N) is 1. The van der Waals surface area contributed by atoms with Gasteiger partial charge in [0.25, 0.3) is 0 Å². The average Bonchev–Trinajstić information content (AvgIpc) is 3.79. The molecule has 244 valence electrons. The van der Waals surface area contributed by atoms with Crippen molar-refractivity contribution in [3.05, 3.63) is 175 Å². The molecule has 6 heteroatoms. The number of aromatic nitrogens is 1. The summed E-state index contributed by atoms with van der Waals surface area (Å²) in [5, 5.41) is 11.3. The monoisotopic (exact) mass is 668 g/mol. The van der Waals surface area contributed by atoms with Crippen molar-refractivity contribution in [2.75, 3.05) is 0 Å². The van der Waals surface area contributed by atoms with Crippen molar-refractivity contribution < 1.29 is 8.83 Å². The van der Waals surface area contributed by atoms with E-state index in [4.69, 9.17) is 18.8 Å². The van der Waals surface area contributed by atoms with Crippen molar-refractivity contribution in [1.82, 2.24) is 10.3 Å². The fraction of sp³-hybridized carbons (Fsp3) is 0.0217. The van der Waals surface area contributed by atoms with E-state index in [1.54, 1.807) is 0 Å². The van der Waals surface area contributed by atoms with E-state index in [1.807, 2.05) is 60.8 Å². The minimum absolute atomic E-state index is 0.482. The highest BCUT2D eigenvalue weighted by atomic mass is 16.3. The molecule has 7 aromatic carbocycles. The molecule has 1 atom stereocenters. The predicted octanol–water partition coefficient (Wildman–Crippen LogP) is 11.3. The van der Waals surface area contributed by atoms with Gasteiger partial charge < -0.3 is 14.2 Å². The molecule has 52 heavy (non-hydrogen) atoms. The summed E-state index contributed by atoms with van der Waals surface area (Å²) in [6.45, 7) is 0. The number of hydrogen-bond donors (Lipinski definition) is 1. The van der Waals surface area contributed by atoms with Crippen LogP contribution in [0.1, 0.15) is 22.9 Å². The second kappa shape index (κ2) is 11.2. The van der Waals surface area contributed by atoms with Crippen molar-refractivity contribution in [3.8, 4) is 11.1 Å². The van der Waals surface area contributed by atoms with Gasteiger partial charge in [-0.3, -0.25) is 4.98 Å². The molecule has 0 aliphatic carbocycles.